The molecule has 0 radical (unpaired) electrons. The maximum absolute atomic E-state index is 13.0. The maximum atomic E-state index is 13.0. The quantitative estimate of drug-likeness (QED) is 0.343. The minimum Gasteiger partial charge on any atom is -0.399 e. The smallest absolute Gasteiger partial charge is 0.399 e. The number of ether oxygens (including phenoxy) is 2. The summed E-state index contributed by atoms with van der Waals surface area (Å²) in [5, 5.41) is 0. The van der Waals surface area contributed by atoms with Crippen LogP contribution in [0.4, 0.5) is 13.2 Å². The lowest BCUT2D eigenvalue weighted by Crippen LogP contribution is -2.53. The molecule has 0 bridgehead atoms. The van der Waals surface area contributed by atoms with Crippen molar-refractivity contribution >= 4 is 17.5 Å². The molecular formula is C28H30F3NO4. The van der Waals surface area contributed by atoms with Gasteiger partial charge in [0.25, 0.3) is 0 Å². The Morgan fingerprint density at radius 1 is 0.889 bits per heavy atom. The molecule has 0 N–H and O–H groups in total. The summed E-state index contributed by atoms with van der Waals surface area (Å²) in [6, 6.07) is 11.3. The molecule has 1 spiro atoms. The Bertz CT molecular complexity index is 1140. The molecule has 5 nitrogen and oxygen atoms in total. The molecule has 4 rings (SSSR count). The highest BCUT2D eigenvalue weighted by Crippen LogP contribution is 2.40. The molecule has 0 saturated carbocycles. The largest absolute Gasteiger partial charge is 0.421 e. The Balaban J connectivity index is 1.55. The third-order valence-electron chi connectivity index (χ3n) is 6.69. The lowest BCUT2D eigenvalue weighted by atomic mass is 9.94. The van der Waals surface area contributed by atoms with Gasteiger partial charge >= 0.3 is 24.0 Å². The summed E-state index contributed by atoms with van der Waals surface area (Å²) in [7, 11) is 0. The molecule has 0 atom stereocenters. The van der Waals surface area contributed by atoms with Crippen LogP contribution in [0.5, 0.6) is 0 Å². The van der Waals surface area contributed by atoms with Crippen molar-refractivity contribution in [3.63, 3.8) is 0 Å². The molecule has 8 heteroatoms. The molecule has 36 heavy (non-hydrogen) atoms. The summed E-state index contributed by atoms with van der Waals surface area (Å²) < 4.78 is 49.8. The van der Waals surface area contributed by atoms with Crippen molar-refractivity contribution in [3.05, 3.63) is 76.4 Å². The van der Waals surface area contributed by atoms with Gasteiger partial charge in [0.2, 0.25) is 0 Å². The zero-order chi connectivity index (χ0) is 25.9. The molecule has 2 aliphatic rings. The van der Waals surface area contributed by atoms with Gasteiger partial charge < -0.3 is 9.47 Å². The number of alkyl halides is 3. The Morgan fingerprint density at radius 3 is 2.14 bits per heavy atom. The van der Waals surface area contributed by atoms with Crippen molar-refractivity contribution in [2.45, 2.75) is 64.5 Å². The lowest BCUT2D eigenvalue weighted by Gasteiger charge is -2.40. The van der Waals surface area contributed by atoms with E-state index in [9.17, 15) is 22.8 Å². The van der Waals surface area contributed by atoms with E-state index in [1.54, 1.807) is 4.90 Å². The normalized spacial score (nSPS) is 17.8. The standard InChI is InChI=1S/C28H30F3NO4/c1-3-5-20-8-7-19(17-22(20)6-4-2)13-15-32-16-14-23(18-27(32)35-25(33)26(34)36-27)21-9-11-24(12-10-21)28(29,30)31/h7-12,14,17H,3-6,13,15-16,18H2,1-2H3. The van der Waals surface area contributed by atoms with Crippen molar-refractivity contribution in [1.82, 2.24) is 4.90 Å². The second-order valence-electron chi connectivity index (χ2n) is 9.27. The van der Waals surface area contributed by atoms with Crippen LogP contribution < -0.4 is 0 Å². The lowest BCUT2D eigenvalue weighted by molar-refractivity contribution is -0.246. The van der Waals surface area contributed by atoms with Crippen molar-refractivity contribution < 1.29 is 32.2 Å². The highest BCUT2D eigenvalue weighted by atomic mass is 19.4. The molecule has 1 saturated heterocycles. The van der Waals surface area contributed by atoms with E-state index in [0.717, 1.165) is 43.4 Å². The number of nitrogens with zero attached hydrogens (tertiary/aromatic N) is 1. The fraction of sp³-hybridized carbons (Fsp3) is 0.429. The highest BCUT2D eigenvalue weighted by molar-refractivity contribution is 6.31. The van der Waals surface area contributed by atoms with Crippen LogP contribution >= 0.6 is 0 Å². The predicted molar refractivity (Wildman–Crippen MR) is 129 cm³/mol. The summed E-state index contributed by atoms with van der Waals surface area (Å²) in [6.45, 7) is 5.10. The molecule has 2 aliphatic heterocycles. The van der Waals surface area contributed by atoms with Gasteiger partial charge in [-0.3, -0.25) is 0 Å². The van der Waals surface area contributed by atoms with E-state index >= 15 is 0 Å². The Kier molecular flexibility index (Phi) is 7.54. The van der Waals surface area contributed by atoms with Crippen LogP contribution in [0.2, 0.25) is 0 Å². The second-order valence-corrected chi connectivity index (χ2v) is 9.27. The molecule has 0 unspecified atom stereocenters. The first-order valence-electron chi connectivity index (χ1n) is 12.3. The molecular weight excluding hydrogens is 471 g/mol. The number of esters is 2. The summed E-state index contributed by atoms with van der Waals surface area (Å²) in [4.78, 5) is 25.8. The molecule has 2 heterocycles. The van der Waals surface area contributed by atoms with Gasteiger partial charge in [-0.1, -0.05) is 63.1 Å². The Hall–Kier alpha value is -3.13. The number of carbonyl (C=O) groups is 2. The summed E-state index contributed by atoms with van der Waals surface area (Å²) >= 11 is 0. The van der Waals surface area contributed by atoms with Crippen LogP contribution in [0.25, 0.3) is 5.57 Å². The first kappa shape index (κ1) is 25.9. The van der Waals surface area contributed by atoms with Gasteiger partial charge in [-0.2, -0.15) is 13.2 Å². The van der Waals surface area contributed by atoms with Crippen LogP contribution in [0, 0.1) is 0 Å². The summed E-state index contributed by atoms with van der Waals surface area (Å²) in [6.07, 6.45) is 2.31. The molecule has 2 aromatic carbocycles. The van der Waals surface area contributed by atoms with Crippen molar-refractivity contribution in [2.24, 2.45) is 0 Å². The molecule has 2 aromatic rings. The Morgan fingerprint density at radius 2 is 1.53 bits per heavy atom. The van der Waals surface area contributed by atoms with Crippen LogP contribution in [0.1, 0.15) is 60.9 Å². The van der Waals surface area contributed by atoms with Gasteiger partial charge in [-0.25, -0.2) is 14.5 Å². The monoisotopic (exact) mass is 501 g/mol. The van der Waals surface area contributed by atoms with Crippen LogP contribution in [0.3, 0.4) is 0 Å². The van der Waals surface area contributed by atoms with E-state index in [4.69, 9.17) is 9.47 Å². The maximum Gasteiger partial charge on any atom is 0.421 e. The van der Waals surface area contributed by atoms with Crippen molar-refractivity contribution in [1.29, 1.82) is 0 Å². The minimum atomic E-state index is -4.43. The predicted octanol–water partition coefficient (Wildman–Crippen LogP) is 5.70. The zero-order valence-corrected chi connectivity index (χ0v) is 20.5. The fourth-order valence-electron chi connectivity index (χ4n) is 4.85. The summed E-state index contributed by atoms with van der Waals surface area (Å²) in [5.41, 5.74) is 4.30. The van der Waals surface area contributed by atoms with E-state index in [2.05, 4.69) is 32.0 Å². The zero-order valence-electron chi connectivity index (χ0n) is 20.5. The Labute approximate surface area is 208 Å². The number of benzene rings is 2. The topological polar surface area (TPSA) is 55.8 Å². The fourth-order valence-corrected chi connectivity index (χ4v) is 4.85. The third kappa shape index (κ3) is 5.48. The molecule has 0 aromatic heterocycles. The van der Waals surface area contributed by atoms with E-state index < -0.39 is 29.6 Å². The third-order valence-corrected chi connectivity index (χ3v) is 6.69. The highest BCUT2D eigenvalue weighted by Gasteiger charge is 2.54. The number of carbonyl (C=O) groups excluding carboxylic acids is 2. The number of hydrogen-bond acceptors (Lipinski definition) is 5. The first-order valence-corrected chi connectivity index (χ1v) is 12.3. The van der Waals surface area contributed by atoms with Gasteiger partial charge in [0.05, 0.1) is 12.0 Å². The van der Waals surface area contributed by atoms with Gasteiger partial charge in [-0.15, -0.1) is 0 Å². The first-order chi connectivity index (χ1) is 17.1. The average molecular weight is 502 g/mol. The van der Waals surface area contributed by atoms with Crippen LogP contribution in [-0.4, -0.2) is 35.8 Å². The average Bonchev–Trinajstić information content (AvgIpc) is 3.12. The van der Waals surface area contributed by atoms with Crippen molar-refractivity contribution in [3.8, 4) is 0 Å². The molecule has 0 aliphatic carbocycles. The summed E-state index contributed by atoms with van der Waals surface area (Å²) in [5.74, 6) is -3.74. The molecule has 1 fully saturated rings. The van der Waals surface area contributed by atoms with Gasteiger partial charge in [0, 0.05) is 13.1 Å². The van der Waals surface area contributed by atoms with E-state index in [-0.39, 0.29) is 6.42 Å². The van der Waals surface area contributed by atoms with E-state index in [0.29, 0.717) is 30.6 Å². The van der Waals surface area contributed by atoms with Gasteiger partial charge in [-0.05, 0) is 59.2 Å². The number of halogens is 3. The SMILES string of the molecule is CCCc1ccc(CCN2CC=C(c3ccc(C(F)(F)F)cc3)CC23OC(=O)C(=O)O3)cc1CCC. The second kappa shape index (κ2) is 10.5. The van der Waals surface area contributed by atoms with Crippen LogP contribution in [0.15, 0.2) is 48.5 Å². The van der Waals surface area contributed by atoms with Gasteiger partial charge in [0.1, 0.15) is 0 Å². The van der Waals surface area contributed by atoms with E-state index in [1.165, 1.54) is 23.3 Å². The van der Waals surface area contributed by atoms with Crippen molar-refractivity contribution in [2.75, 3.05) is 13.1 Å². The molecule has 0 amide bonds. The number of rotatable bonds is 8. The number of aryl methyl sites for hydroxylation is 2. The number of hydrogen-bond donors (Lipinski definition) is 0. The van der Waals surface area contributed by atoms with Crippen LogP contribution in [-0.2, 0) is 44.5 Å². The van der Waals surface area contributed by atoms with Gasteiger partial charge in [0.15, 0.2) is 0 Å². The minimum absolute atomic E-state index is 0.0341. The van der Waals surface area contributed by atoms with E-state index in [1.807, 2.05) is 6.08 Å². The molecule has 192 valence electrons.